The van der Waals surface area contributed by atoms with Crippen LogP contribution in [0.4, 0.5) is 0 Å². The number of unbranched alkanes of at least 4 members (excludes halogenated alkanes) is 3. The minimum atomic E-state index is 1.11. The fourth-order valence-electron chi connectivity index (χ4n) is 2.44. The van der Waals surface area contributed by atoms with E-state index < -0.39 is 0 Å². The van der Waals surface area contributed by atoms with Gasteiger partial charge in [0.1, 0.15) is 0 Å². The van der Waals surface area contributed by atoms with Crippen molar-refractivity contribution in [2.45, 2.75) is 59.3 Å². The first-order valence-electron chi connectivity index (χ1n) is 8.24. The highest BCUT2D eigenvalue weighted by atomic mass is 14.1. The molecule has 2 rings (SSSR count). The van der Waals surface area contributed by atoms with E-state index in [4.69, 9.17) is 0 Å². The lowest BCUT2D eigenvalue weighted by molar-refractivity contribution is 0.702. The van der Waals surface area contributed by atoms with E-state index in [0.717, 1.165) is 18.4 Å². The highest BCUT2D eigenvalue weighted by Gasteiger charge is 2.09. The number of benzene rings is 1. The standard InChI is InChI=1S/C15H16.C6H14/c1-4-12-5-6-15-10-13(11(2)3)7-8-14(15)9-12;1-3-5-6-4-2/h4,7-10H,1-2,5-6H2,3H3;3-6H2,1-2H3. The van der Waals surface area contributed by atoms with Gasteiger partial charge in [0.25, 0.3) is 0 Å². The fraction of sp³-hybridized carbons (Fsp3) is 0.429. The van der Waals surface area contributed by atoms with Gasteiger partial charge in [-0.25, -0.2) is 0 Å². The molecule has 0 amide bonds. The largest absolute Gasteiger partial charge is 0.0988 e. The summed E-state index contributed by atoms with van der Waals surface area (Å²) < 4.78 is 0. The van der Waals surface area contributed by atoms with Gasteiger partial charge in [-0.15, -0.1) is 0 Å². The van der Waals surface area contributed by atoms with Gasteiger partial charge in [0, 0.05) is 0 Å². The average molecular weight is 282 g/mol. The third-order valence-electron chi connectivity index (χ3n) is 3.88. The summed E-state index contributed by atoms with van der Waals surface area (Å²) in [7, 11) is 0. The van der Waals surface area contributed by atoms with Gasteiger partial charge in [-0.2, -0.15) is 0 Å². The summed E-state index contributed by atoms with van der Waals surface area (Å²) >= 11 is 0. The summed E-state index contributed by atoms with van der Waals surface area (Å²) in [5, 5.41) is 0. The minimum absolute atomic E-state index is 1.11. The van der Waals surface area contributed by atoms with Crippen molar-refractivity contribution in [3.05, 3.63) is 59.7 Å². The Labute approximate surface area is 131 Å². The van der Waals surface area contributed by atoms with Crippen molar-refractivity contribution in [3.63, 3.8) is 0 Å². The van der Waals surface area contributed by atoms with Crippen LogP contribution < -0.4 is 0 Å². The highest BCUT2D eigenvalue weighted by Crippen LogP contribution is 2.26. The smallest absolute Gasteiger partial charge is 0.0221 e. The van der Waals surface area contributed by atoms with Crippen LogP contribution >= 0.6 is 0 Å². The molecule has 1 aliphatic rings. The van der Waals surface area contributed by atoms with Crippen molar-refractivity contribution in [2.24, 2.45) is 0 Å². The third-order valence-corrected chi connectivity index (χ3v) is 3.88. The second-order valence-corrected chi connectivity index (χ2v) is 5.82. The van der Waals surface area contributed by atoms with Crippen molar-refractivity contribution < 1.29 is 0 Å². The monoisotopic (exact) mass is 282 g/mol. The lowest BCUT2D eigenvalue weighted by Crippen LogP contribution is -1.98. The number of hydrogen-bond acceptors (Lipinski definition) is 0. The van der Waals surface area contributed by atoms with Crippen molar-refractivity contribution >= 4 is 11.6 Å². The predicted octanol–water partition coefficient (Wildman–Crippen LogP) is 6.82. The van der Waals surface area contributed by atoms with Crippen LogP contribution in [0.25, 0.3) is 11.6 Å². The van der Waals surface area contributed by atoms with E-state index in [-0.39, 0.29) is 0 Å². The minimum Gasteiger partial charge on any atom is -0.0988 e. The first-order valence-corrected chi connectivity index (χ1v) is 8.24. The van der Waals surface area contributed by atoms with E-state index in [9.17, 15) is 0 Å². The molecule has 0 radical (unpaired) electrons. The summed E-state index contributed by atoms with van der Waals surface area (Å²) in [5.74, 6) is 0. The summed E-state index contributed by atoms with van der Waals surface area (Å²) in [6, 6.07) is 6.58. The Morgan fingerprint density at radius 1 is 1.14 bits per heavy atom. The molecule has 114 valence electrons. The van der Waals surface area contributed by atoms with E-state index in [1.807, 2.05) is 6.08 Å². The molecular formula is C21H30. The maximum absolute atomic E-state index is 3.97. The molecular weight excluding hydrogens is 252 g/mol. The van der Waals surface area contributed by atoms with E-state index in [1.54, 1.807) is 0 Å². The quantitative estimate of drug-likeness (QED) is 0.520. The van der Waals surface area contributed by atoms with Gasteiger partial charge < -0.3 is 0 Å². The van der Waals surface area contributed by atoms with Crippen LogP contribution in [0, 0.1) is 0 Å². The maximum atomic E-state index is 3.97. The number of rotatable bonds is 5. The van der Waals surface area contributed by atoms with E-state index >= 15 is 0 Å². The molecule has 0 unspecified atom stereocenters. The lowest BCUT2D eigenvalue weighted by Gasteiger charge is -2.15. The number of hydrogen-bond donors (Lipinski definition) is 0. The van der Waals surface area contributed by atoms with Gasteiger partial charge in [-0.05, 0) is 42.0 Å². The molecule has 0 bridgehead atoms. The molecule has 0 saturated carbocycles. The molecule has 0 fully saturated rings. The summed E-state index contributed by atoms with van der Waals surface area (Å²) in [6.45, 7) is 14.3. The van der Waals surface area contributed by atoms with Crippen molar-refractivity contribution in [1.29, 1.82) is 0 Å². The van der Waals surface area contributed by atoms with Gasteiger partial charge in [0.05, 0.1) is 0 Å². The normalized spacial score (nSPS) is 12.6. The Balaban J connectivity index is 0.000000315. The molecule has 0 nitrogen and oxygen atoms in total. The zero-order valence-corrected chi connectivity index (χ0v) is 14.0. The van der Waals surface area contributed by atoms with Crippen molar-refractivity contribution in [2.75, 3.05) is 0 Å². The van der Waals surface area contributed by atoms with Gasteiger partial charge in [-0.3, -0.25) is 0 Å². The second kappa shape index (κ2) is 9.39. The third kappa shape index (κ3) is 5.75. The lowest BCUT2D eigenvalue weighted by atomic mass is 9.90. The van der Waals surface area contributed by atoms with Crippen molar-refractivity contribution in [1.82, 2.24) is 0 Å². The topological polar surface area (TPSA) is 0 Å². The predicted molar refractivity (Wildman–Crippen MR) is 97.5 cm³/mol. The fourth-order valence-corrected chi connectivity index (χ4v) is 2.44. The Morgan fingerprint density at radius 3 is 2.33 bits per heavy atom. The molecule has 1 aromatic carbocycles. The number of allylic oxidation sites excluding steroid dienone is 3. The molecule has 21 heavy (non-hydrogen) atoms. The highest BCUT2D eigenvalue weighted by molar-refractivity contribution is 5.68. The van der Waals surface area contributed by atoms with Gasteiger partial charge >= 0.3 is 0 Å². The molecule has 0 saturated heterocycles. The van der Waals surface area contributed by atoms with E-state index in [2.05, 4.69) is 58.2 Å². The first-order chi connectivity index (χ1) is 10.1. The Kier molecular flexibility index (Phi) is 7.82. The molecule has 0 aliphatic heterocycles. The van der Waals surface area contributed by atoms with Crippen LogP contribution in [0.3, 0.4) is 0 Å². The Bertz CT molecular complexity index is 499. The zero-order chi connectivity index (χ0) is 15.7. The van der Waals surface area contributed by atoms with Crippen LogP contribution in [-0.2, 0) is 6.42 Å². The molecule has 0 atom stereocenters. The Morgan fingerprint density at radius 2 is 1.81 bits per heavy atom. The van der Waals surface area contributed by atoms with Gasteiger partial charge in [-0.1, -0.05) is 88.6 Å². The molecule has 0 aromatic heterocycles. The maximum Gasteiger partial charge on any atom is -0.0221 e. The van der Waals surface area contributed by atoms with Crippen LogP contribution in [0.1, 0.15) is 69.6 Å². The van der Waals surface area contributed by atoms with Crippen molar-refractivity contribution in [3.8, 4) is 0 Å². The van der Waals surface area contributed by atoms with E-state index in [0.29, 0.717) is 0 Å². The van der Waals surface area contributed by atoms with Gasteiger partial charge in [0.15, 0.2) is 0 Å². The van der Waals surface area contributed by atoms with Crippen LogP contribution in [0.5, 0.6) is 0 Å². The van der Waals surface area contributed by atoms with Gasteiger partial charge in [0.2, 0.25) is 0 Å². The number of fused-ring (bicyclic) bond motifs is 1. The molecule has 0 heterocycles. The van der Waals surface area contributed by atoms with Crippen LogP contribution in [-0.4, -0.2) is 0 Å². The molecule has 1 aliphatic carbocycles. The second-order valence-electron chi connectivity index (χ2n) is 5.82. The molecule has 1 aromatic rings. The SMILES string of the molecule is C=CC1=Cc2ccc(C(=C)C)cc2CC1.CCCCCC. The Hall–Kier alpha value is -1.56. The first kappa shape index (κ1) is 17.5. The average Bonchev–Trinajstić information content (AvgIpc) is 2.52. The number of aryl methyl sites for hydroxylation is 1. The summed E-state index contributed by atoms with van der Waals surface area (Å²) in [4.78, 5) is 0. The van der Waals surface area contributed by atoms with Crippen LogP contribution in [0.15, 0.2) is 43.0 Å². The van der Waals surface area contributed by atoms with E-state index in [1.165, 1.54) is 47.9 Å². The summed E-state index contributed by atoms with van der Waals surface area (Å²) in [5.41, 5.74) is 6.49. The zero-order valence-electron chi connectivity index (χ0n) is 14.0. The molecule has 0 heteroatoms. The summed E-state index contributed by atoms with van der Waals surface area (Å²) in [6.07, 6.45) is 11.9. The molecule has 0 spiro atoms. The van der Waals surface area contributed by atoms with Crippen LogP contribution in [0.2, 0.25) is 0 Å². The molecule has 0 N–H and O–H groups in total.